The van der Waals surface area contributed by atoms with Crippen molar-refractivity contribution in [2.24, 2.45) is 0 Å². The molecule has 0 radical (unpaired) electrons. The van der Waals surface area contributed by atoms with Crippen LogP contribution in [-0.2, 0) is 33.8 Å². The lowest BCUT2D eigenvalue weighted by Gasteiger charge is -2.32. The van der Waals surface area contributed by atoms with Crippen molar-refractivity contribution < 1.29 is 28.6 Å². The summed E-state index contributed by atoms with van der Waals surface area (Å²) in [7, 11) is 0. The van der Waals surface area contributed by atoms with Crippen LogP contribution in [0.4, 0.5) is 9.59 Å². The second kappa shape index (κ2) is 11.2. The number of carbonyl (C=O) groups excluding carboxylic acids is 3. The smallest absolute Gasteiger partial charge is 0.410 e. The van der Waals surface area contributed by atoms with Gasteiger partial charge in [0.15, 0.2) is 5.69 Å². The molecule has 2 aromatic rings. The van der Waals surface area contributed by atoms with E-state index in [9.17, 15) is 14.4 Å². The predicted molar refractivity (Wildman–Crippen MR) is 135 cm³/mol. The summed E-state index contributed by atoms with van der Waals surface area (Å²) in [5.74, 6) is -0.452. The highest BCUT2D eigenvalue weighted by atomic mass is 16.6. The molecule has 1 aromatic heterocycles. The van der Waals surface area contributed by atoms with Crippen LogP contribution in [0, 0.1) is 0 Å². The molecule has 10 heteroatoms. The van der Waals surface area contributed by atoms with E-state index in [-0.39, 0.29) is 31.9 Å². The molecule has 1 aromatic carbocycles. The largest absolute Gasteiger partial charge is 0.461 e. The van der Waals surface area contributed by atoms with E-state index in [1.165, 1.54) is 0 Å². The van der Waals surface area contributed by atoms with Crippen molar-refractivity contribution >= 4 is 18.2 Å². The molecule has 0 unspecified atom stereocenters. The van der Waals surface area contributed by atoms with Gasteiger partial charge in [0.1, 0.15) is 12.2 Å². The first-order valence-corrected chi connectivity index (χ1v) is 12.9. The van der Waals surface area contributed by atoms with Crippen LogP contribution < -0.4 is 0 Å². The summed E-state index contributed by atoms with van der Waals surface area (Å²) >= 11 is 0. The van der Waals surface area contributed by atoms with Crippen LogP contribution in [0.25, 0.3) is 0 Å². The van der Waals surface area contributed by atoms with Gasteiger partial charge in [0.05, 0.1) is 24.9 Å². The summed E-state index contributed by atoms with van der Waals surface area (Å²) in [5.41, 5.74) is 2.22. The van der Waals surface area contributed by atoms with E-state index in [1.807, 2.05) is 51.1 Å². The Hall–Kier alpha value is -3.56. The summed E-state index contributed by atoms with van der Waals surface area (Å²) < 4.78 is 18.2. The number of amides is 2. The first-order valence-electron chi connectivity index (χ1n) is 12.9. The molecule has 0 aliphatic carbocycles. The maximum absolute atomic E-state index is 13.0. The molecule has 2 aliphatic rings. The van der Waals surface area contributed by atoms with Crippen molar-refractivity contribution in [3.8, 4) is 0 Å². The van der Waals surface area contributed by atoms with Gasteiger partial charge in [-0.1, -0.05) is 30.3 Å². The molecule has 0 saturated carbocycles. The number of ether oxygens (including phenoxy) is 3. The molecule has 1 fully saturated rings. The zero-order valence-electron chi connectivity index (χ0n) is 22.1. The fourth-order valence-electron chi connectivity index (χ4n) is 4.66. The normalized spacial score (nSPS) is 16.2. The van der Waals surface area contributed by atoms with Crippen LogP contribution in [0.2, 0.25) is 0 Å². The average Bonchev–Trinajstić information content (AvgIpc) is 3.26. The highest BCUT2D eigenvalue weighted by Crippen LogP contribution is 2.31. The number of likely N-dealkylation sites (tertiary alicyclic amines) is 1. The Balaban J connectivity index is 1.45. The molecule has 3 heterocycles. The van der Waals surface area contributed by atoms with E-state index in [2.05, 4.69) is 0 Å². The molecule has 10 nitrogen and oxygen atoms in total. The van der Waals surface area contributed by atoms with E-state index >= 15 is 0 Å². The topological polar surface area (TPSA) is 103 Å². The maximum atomic E-state index is 13.0. The molecule has 4 rings (SSSR count). The molecular weight excluding hydrogens is 476 g/mol. The average molecular weight is 513 g/mol. The Morgan fingerprint density at radius 3 is 2.32 bits per heavy atom. The summed E-state index contributed by atoms with van der Waals surface area (Å²) in [6, 6.07) is 9.50. The number of esters is 1. The third-order valence-electron chi connectivity index (χ3n) is 6.45. The van der Waals surface area contributed by atoms with E-state index in [0.29, 0.717) is 50.2 Å². The summed E-state index contributed by atoms with van der Waals surface area (Å²) in [6.45, 7) is 9.40. The quantitative estimate of drug-likeness (QED) is 0.434. The number of rotatable bonds is 5. The number of hydrogen-bond donors (Lipinski definition) is 0. The van der Waals surface area contributed by atoms with Gasteiger partial charge < -0.3 is 24.0 Å². The lowest BCUT2D eigenvalue weighted by Crippen LogP contribution is -2.40. The highest BCUT2D eigenvalue weighted by molar-refractivity contribution is 5.90. The molecule has 2 amide bonds. The van der Waals surface area contributed by atoms with Crippen molar-refractivity contribution in [3.63, 3.8) is 0 Å². The van der Waals surface area contributed by atoms with Crippen LogP contribution in [0.3, 0.4) is 0 Å². The summed E-state index contributed by atoms with van der Waals surface area (Å²) in [4.78, 5) is 41.6. The molecule has 2 aliphatic heterocycles. The number of fused-ring (bicyclic) bond motifs is 1. The monoisotopic (exact) mass is 512 g/mol. The van der Waals surface area contributed by atoms with Crippen LogP contribution in [0.1, 0.15) is 73.9 Å². The van der Waals surface area contributed by atoms with E-state index in [4.69, 9.17) is 19.3 Å². The number of aromatic nitrogens is 2. The number of carbonyl (C=O) groups is 3. The second-order valence-electron chi connectivity index (χ2n) is 10.3. The van der Waals surface area contributed by atoms with Crippen molar-refractivity contribution in [1.82, 2.24) is 19.6 Å². The van der Waals surface area contributed by atoms with Crippen molar-refractivity contribution in [2.45, 2.75) is 71.8 Å². The van der Waals surface area contributed by atoms with Gasteiger partial charge in [-0.15, -0.1) is 0 Å². The summed E-state index contributed by atoms with van der Waals surface area (Å²) in [6.07, 6.45) is 1.02. The van der Waals surface area contributed by atoms with Gasteiger partial charge in [0.2, 0.25) is 0 Å². The molecule has 200 valence electrons. The Kier molecular flexibility index (Phi) is 8.04. The standard InChI is InChI=1S/C27H36N4O6/c1-5-35-24(32)23-21-17-30(26(34)37-27(2,3)4)16-13-22(21)28-31(23)20-11-14-29(15-12-20)25(33)36-18-19-9-7-6-8-10-19/h6-10,20H,5,11-18H2,1-4H3. The Morgan fingerprint density at radius 2 is 1.68 bits per heavy atom. The van der Waals surface area contributed by atoms with Gasteiger partial charge in [-0.25, -0.2) is 14.4 Å². The van der Waals surface area contributed by atoms with Gasteiger partial charge in [-0.05, 0) is 46.1 Å². The van der Waals surface area contributed by atoms with Gasteiger partial charge in [0, 0.05) is 31.6 Å². The molecule has 37 heavy (non-hydrogen) atoms. The minimum atomic E-state index is -0.609. The fourth-order valence-corrected chi connectivity index (χ4v) is 4.66. The van der Waals surface area contributed by atoms with Gasteiger partial charge in [-0.2, -0.15) is 5.10 Å². The lowest BCUT2D eigenvalue weighted by molar-refractivity contribution is 0.0219. The number of benzene rings is 1. The Morgan fingerprint density at radius 1 is 0.973 bits per heavy atom. The second-order valence-corrected chi connectivity index (χ2v) is 10.3. The minimum Gasteiger partial charge on any atom is -0.461 e. The minimum absolute atomic E-state index is 0.0712. The lowest BCUT2D eigenvalue weighted by atomic mass is 10.0. The molecule has 0 atom stereocenters. The van der Waals surface area contributed by atoms with Gasteiger partial charge in [-0.3, -0.25) is 4.68 Å². The number of nitrogens with zero attached hydrogens (tertiary/aromatic N) is 4. The SMILES string of the molecule is CCOC(=O)c1c2c(nn1C1CCN(C(=O)OCc3ccccc3)CC1)CCN(C(=O)OC(C)(C)C)C2. The van der Waals surface area contributed by atoms with Gasteiger partial charge in [0.25, 0.3) is 0 Å². The number of piperidine rings is 1. The third-order valence-corrected chi connectivity index (χ3v) is 6.45. The van der Waals surface area contributed by atoms with E-state index in [1.54, 1.807) is 21.4 Å². The maximum Gasteiger partial charge on any atom is 0.410 e. The van der Waals surface area contributed by atoms with E-state index < -0.39 is 17.7 Å². The summed E-state index contributed by atoms with van der Waals surface area (Å²) in [5, 5.41) is 4.79. The molecular formula is C27H36N4O6. The first-order chi connectivity index (χ1) is 17.7. The molecule has 0 spiro atoms. The molecule has 0 bridgehead atoms. The van der Waals surface area contributed by atoms with E-state index in [0.717, 1.165) is 11.3 Å². The Labute approximate surface area is 217 Å². The first kappa shape index (κ1) is 26.5. The number of hydrogen-bond acceptors (Lipinski definition) is 7. The van der Waals surface area contributed by atoms with Crippen molar-refractivity contribution in [2.75, 3.05) is 26.2 Å². The molecule has 0 N–H and O–H groups in total. The van der Waals surface area contributed by atoms with Crippen LogP contribution in [-0.4, -0.2) is 69.6 Å². The fraction of sp³-hybridized carbons (Fsp3) is 0.556. The van der Waals surface area contributed by atoms with Gasteiger partial charge >= 0.3 is 18.2 Å². The zero-order valence-corrected chi connectivity index (χ0v) is 22.1. The van der Waals surface area contributed by atoms with Crippen LogP contribution >= 0.6 is 0 Å². The van der Waals surface area contributed by atoms with Crippen molar-refractivity contribution in [1.29, 1.82) is 0 Å². The van der Waals surface area contributed by atoms with Crippen LogP contribution in [0.15, 0.2) is 30.3 Å². The van der Waals surface area contributed by atoms with Crippen LogP contribution in [0.5, 0.6) is 0 Å². The predicted octanol–water partition coefficient (Wildman–Crippen LogP) is 4.33. The Bertz CT molecular complexity index is 1120. The third kappa shape index (κ3) is 6.42. The van der Waals surface area contributed by atoms with Crippen molar-refractivity contribution in [3.05, 3.63) is 52.8 Å². The molecule has 1 saturated heterocycles. The highest BCUT2D eigenvalue weighted by Gasteiger charge is 2.35. The zero-order chi connectivity index (χ0) is 26.6.